The van der Waals surface area contributed by atoms with Gasteiger partial charge in [0, 0.05) is 26.0 Å². The topological polar surface area (TPSA) is 84.6 Å². The highest BCUT2D eigenvalue weighted by Gasteiger charge is 2.50. The Bertz CT molecular complexity index is 165. The molecule has 5 nitrogen and oxygen atoms in total. The van der Waals surface area contributed by atoms with Crippen LogP contribution in [0.25, 0.3) is 0 Å². The van der Waals surface area contributed by atoms with E-state index in [1.807, 2.05) is 0 Å². The minimum absolute atomic E-state index is 0.0750. The first-order valence-corrected chi connectivity index (χ1v) is 3.39. The monoisotopic (exact) mass is 160 g/mol. The summed E-state index contributed by atoms with van der Waals surface area (Å²) in [6, 6.07) is 0.0750. The van der Waals surface area contributed by atoms with Crippen LogP contribution >= 0.6 is 0 Å². The van der Waals surface area contributed by atoms with Gasteiger partial charge in [0.25, 0.3) is 0 Å². The number of carboxylic acid groups (broad SMARTS) is 1. The average Bonchev–Trinajstić information content (AvgIpc) is 1.86. The summed E-state index contributed by atoms with van der Waals surface area (Å²) in [6.07, 6.45) is 0.880. The fourth-order valence-electron chi connectivity index (χ4n) is 1.28. The Kier molecular flexibility index (Phi) is 2.12. The van der Waals surface area contributed by atoms with Crippen LogP contribution in [0.4, 0.5) is 0 Å². The SMILES string of the molecule is COC1(C(=O)O)CC(NN)C1. The first-order chi connectivity index (χ1) is 5.14. The highest BCUT2D eigenvalue weighted by atomic mass is 16.5. The predicted octanol–water partition coefficient (Wildman–Crippen LogP) is -0.918. The van der Waals surface area contributed by atoms with Crippen LogP contribution in [0.5, 0.6) is 0 Å². The molecular weight excluding hydrogens is 148 g/mol. The Morgan fingerprint density at radius 1 is 1.82 bits per heavy atom. The van der Waals surface area contributed by atoms with Crippen molar-refractivity contribution in [3.8, 4) is 0 Å². The number of nitrogens with one attached hydrogen (secondary N) is 1. The minimum atomic E-state index is -0.989. The number of methoxy groups -OCH3 is 1. The average molecular weight is 160 g/mol. The molecule has 1 aliphatic rings. The standard InChI is InChI=1S/C6H12N2O3/c1-11-6(5(9)10)2-4(3-6)8-7/h4,8H,2-3,7H2,1H3,(H,9,10). The smallest absolute Gasteiger partial charge is 0.336 e. The molecule has 1 saturated carbocycles. The van der Waals surface area contributed by atoms with Gasteiger partial charge in [-0.15, -0.1) is 0 Å². The molecular formula is C6H12N2O3. The molecule has 11 heavy (non-hydrogen) atoms. The predicted molar refractivity (Wildman–Crippen MR) is 37.7 cm³/mol. The molecule has 0 spiro atoms. The molecule has 0 unspecified atom stereocenters. The molecule has 0 saturated heterocycles. The molecule has 1 rings (SSSR count). The lowest BCUT2D eigenvalue weighted by molar-refractivity contribution is -0.176. The third kappa shape index (κ3) is 1.22. The van der Waals surface area contributed by atoms with Crippen LogP contribution in [-0.4, -0.2) is 29.8 Å². The zero-order valence-corrected chi connectivity index (χ0v) is 6.33. The number of rotatable bonds is 3. The molecule has 0 aromatic heterocycles. The Balaban J connectivity index is 2.50. The summed E-state index contributed by atoms with van der Waals surface area (Å²) in [6.45, 7) is 0. The van der Waals surface area contributed by atoms with Gasteiger partial charge in [-0.1, -0.05) is 0 Å². The van der Waals surface area contributed by atoms with Crippen LogP contribution in [0.1, 0.15) is 12.8 Å². The summed E-state index contributed by atoms with van der Waals surface area (Å²) in [5, 5.41) is 8.70. The summed E-state index contributed by atoms with van der Waals surface area (Å²) in [4.78, 5) is 10.6. The lowest BCUT2D eigenvalue weighted by Crippen LogP contribution is -2.60. The molecule has 5 heteroatoms. The van der Waals surface area contributed by atoms with Crippen molar-refractivity contribution in [2.24, 2.45) is 5.84 Å². The quantitative estimate of drug-likeness (QED) is 0.367. The number of ether oxygens (including phenoxy) is 1. The largest absolute Gasteiger partial charge is 0.479 e. The van der Waals surface area contributed by atoms with Crippen molar-refractivity contribution < 1.29 is 14.6 Å². The van der Waals surface area contributed by atoms with E-state index in [2.05, 4.69) is 5.43 Å². The second kappa shape index (κ2) is 2.77. The third-order valence-electron chi connectivity index (χ3n) is 2.17. The van der Waals surface area contributed by atoms with Crippen LogP contribution in [0.3, 0.4) is 0 Å². The van der Waals surface area contributed by atoms with Crippen LogP contribution in [0.2, 0.25) is 0 Å². The molecule has 0 heterocycles. The molecule has 0 aromatic rings. The summed E-state index contributed by atoms with van der Waals surface area (Å²) in [5.74, 6) is 4.20. The molecule has 1 fully saturated rings. The van der Waals surface area contributed by atoms with E-state index < -0.39 is 11.6 Å². The molecule has 0 aromatic carbocycles. The van der Waals surface area contributed by atoms with E-state index in [1.54, 1.807) is 0 Å². The molecule has 4 N–H and O–H groups in total. The van der Waals surface area contributed by atoms with Gasteiger partial charge in [-0.3, -0.25) is 11.3 Å². The van der Waals surface area contributed by atoms with Crippen molar-refractivity contribution in [3.05, 3.63) is 0 Å². The maximum absolute atomic E-state index is 10.6. The lowest BCUT2D eigenvalue weighted by Gasteiger charge is -2.42. The van der Waals surface area contributed by atoms with Crippen molar-refractivity contribution in [3.63, 3.8) is 0 Å². The van der Waals surface area contributed by atoms with Crippen molar-refractivity contribution in [2.45, 2.75) is 24.5 Å². The number of hydrogen-bond acceptors (Lipinski definition) is 4. The van der Waals surface area contributed by atoms with Crippen LogP contribution < -0.4 is 11.3 Å². The molecule has 0 radical (unpaired) electrons. The van der Waals surface area contributed by atoms with Gasteiger partial charge in [0.15, 0.2) is 5.60 Å². The molecule has 0 aliphatic heterocycles. The molecule has 0 amide bonds. The van der Waals surface area contributed by atoms with Crippen LogP contribution in [-0.2, 0) is 9.53 Å². The van der Waals surface area contributed by atoms with Crippen molar-refractivity contribution >= 4 is 5.97 Å². The molecule has 1 aliphatic carbocycles. The number of hydrogen-bond donors (Lipinski definition) is 3. The van der Waals surface area contributed by atoms with Crippen molar-refractivity contribution in [1.29, 1.82) is 0 Å². The first kappa shape index (κ1) is 8.45. The second-order valence-electron chi connectivity index (χ2n) is 2.78. The second-order valence-corrected chi connectivity index (χ2v) is 2.78. The van der Waals surface area contributed by atoms with E-state index in [-0.39, 0.29) is 6.04 Å². The fourth-order valence-corrected chi connectivity index (χ4v) is 1.28. The van der Waals surface area contributed by atoms with E-state index in [9.17, 15) is 4.79 Å². The van der Waals surface area contributed by atoms with Gasteiger partial charge < -0.3 is 9.84 Å². The van der Waals surface area contributed by atoms with E-state index in [4.69, 9.17) is 15.7 Å². The van der Waals surface area contributed by atoms with Gasteiger partial charge >= 0.3 is 5.97 Å². The fraction of sp³-hybridized carbons (Fsp3) is 0.833. The summed E-state index contributed by atoms with van der Waals surface area (Å²) in [7, 11) is 1.40. The Labute approximate surface area is 64.5 Å². The number of aliphatic carboxylic acids is 1. The Morgan fingerprint density at radius 2 is 2.36 bits per heavy atom. The normalized spacial score (nSPS) is 36.4. The van der Waals surface area contributed by atoms with Crippen molar-refractivity contribution in [1.82, 2.24) is 5.43 Å². The first-order valence-electron chi connectivity index (χ1n) is 3.39. The van der Waals surface area contributed by atoms with Gasteiger partial charge in [-0.2, -0.15) is 0 Å². The van der Waals surface area contributed by atoms with Gasteiger partial charge in [-0.25, -0.2) is 4.79 Å². The molecule has 0 bridgehead atoms. The highest BCUT2D eigenvalue weighted by molar-refractivity contribution is 5.79. The number of carbonyl (C=O) groups is 1. The maximum atomic E-state index is 10.6. The number of hydrazine groups is 1. The third-order valence-corrected chi connectivity index (χ3v) is 2.17. The van der Waals surface area contributed by atoms with Gasteiger partial charge in [0.2, 0.25) is 0 Å². The zero-order chi connectivity index (χ0) is 8.48. The van der Waals surface area contributed by atoms with Gasteiger partial charge in [-0.05, 0) is 0 Å². The molecule has 64 valence electrons. The molecule has 0 atom stereocenters. The lowest BCUT2D eigenvalue weighted by atomic mass is 9.76. The Morgan fingerprint density at radius 3 is 2.64 bits per heavy atom. The van der Waals surface area contributed by atoms with E-state index in [1.165, 1.54) is 7.11 Å². The maximum Gasteiger partial charge on any atom is 0.336 e. The summed E-state index contributed by atoms with van der Waals surface area (Å²) < 4.78 is 4.87. The number of nitrogens with two attached hydrogens (primary N) is 1. The van der Waals surface area contributed by atoms with Gasteiger partial charge in [0.05, 0.1) is 0 Å². The summed E-state index contributed by atoms with van der Waals surface area (Å²) >= 11 is 0. The van der Waals surface area contributed by atoms with E-state index in [0.29, 0.717) is 12.8 Å². The van der Waals surface area contributed by atoms with Crippen LogP contribution in [0.15, 0.2) is 0 Å². The number of carboxylic acids is 1. The van der Waals surface area contributed by atoms with E-state index in [0.717, 1.165) is 0 Å². The highest BCUT2D eigenvalue weighted by Crippen LogP contribution is 2.35. The van der Waals surface area contributed by atoms with Crippen LogP contribution in [0, 0.1) is 0 Å². The van der Waals surface area contributed by atoms with E-state index >= 15 is 0 Å². The zero-order valence-electron chi connectivity index (χ0n) is 6.33. The summed E-state index contributed by atoms with van der Waals surface area (Å²) in [5.41, 5.74) is 1.51. The van der Waals surface area contributed by atoms with Crippen molar-refractivity contribution in [2.75, 3.05) is 7.11 Å². The Hall–Kier alpha value is -0.650. The minimum Gasteiger partial charge on any atom is -0.479 e. The van der Waals surface area contributed by atoms with Gasteiger partial charge in [0.1, 0.15) is 0 Å².